The fourth-order valence-electron chi connectivity index (χ4n) is 2.11. The van der Waals surface area contributed by atoms with E-state index in [9.17, 15) is 0 Å². The highest BCUT2D eigenvalue weighted by Gasteiger charge is 2.18. The van der Waals surface area contributed by atoms with E-state index in [1.54, 1.807) is 0 Å². The third-order valence-corrected chi connectivity index (χ3v) is 3.16. The van der Waals surface area contributed by atoms with Crippen LogP contribution in [-0.4, -0.2) is 49.2 Å². The molecule has 1 aliphatic heterocycles. The Morgan fingerprint density at radius 1 is 1.65 bits per heavy atom. The lowest BCUT2D eigenvalue weighted by Crippen LogP contribution is -2.35. The molecule has 3 nitrogen and oxygen atoms in total. The summed E-state index contributed by atoms with van der Waals surface area (Å²) in [4.78, 5) is 11.0. The van der Waals surface area contributed by atoms with Crippen LogP contribution in [0, 0.1) is 5.92 Å². The van der Waals surface area contributed by atoms with E-state index in [1.807, 2.05) is 11.2 Å². The van der Waals surface area contributed by atoms with Gasteiger partial charge in [-0.15, -0.1) is 0 Å². The lowest BCUT2D eigenvalue weighted by atomic mass is 9.99. The van der Waals surface area contributed by atoms with Crippen LogP contribution in [0.5, 0.6) is 0 Å². The topological polar surface area (TPSA) is 18.8 Å². The average Bonchev–Trinajstić information content (AvgIpc) is 2.26. The van der Waals surface area contributed by atoms with Gasteiger partial charge in [0.1, 0.15) is 0 Å². The van der Waals surface area contributed by atoms with Gasteiger partial charge in [0.2, 0.25) is 0 Å². The van der Waals surface area contributed by atoms with E-state index in [1.165, 1.54) is 5.71 Å². The van der Waals surface area contributed by atoms with E-state index in [-0.39, 0.29) is 0 Å². The molecule has 0 aromatic rings. The van der Waals surface area contributed by atoms with Crippen LogP contribution in [0.2, 0.25) is 0 Å². The predicted octanol–water partition coefficient (Wildman–Crippen LogP) is 2.71. The van der Waals surface area contributed by atoms with Gasteiger partial charge in [-0.2, -0.15) is 0 Å². The third-order valence-electron chi connectivity index (χ3n) is 2.92. The largest absolute Gasteiger partial charge is 0.380 e. The zero-order valence-corrected chi connectivity index (χ0v) is 12.5. The van der Waals surface area contributed by atoms with E-state index in [2.05, 4.69) is 64.0 Å². The Balaban J connectivity index is 2.72. The van der Waals surface area contributed by atoms with Crippen molar-refractivity contribution in [3.05, 3.63) is 23.5 Å². The number of aliphatic imine (C=N–C) groups is 1. The van der Waals surface area contributed by atoms with Crippen LogP contribution in [0.3, 0.4) is 0 Å². The number of rotatable bonds is 4. The third kappa shape index (κ3) is 4.94. The average molecular weight is 300 g/mol. The molecule has 0 radical (unpaired) electrons. The second-order valence-corrected chi connectivity index (χ2v) is 4.95. The van der Waals surface area contributed by atoms with Gasteiger partial charge in [-0.05, 0) is 23.7 Å². The van der Waals surface area contributed by atoms with E-state index in [0.717, 1.165) is 26.1 Å². The summed E-state index contributed by atoms with van der Waals surface area (Å²) in [5.74, 6) is 0.503. The van der Waals surface area contributed by atoms with Gasteiger partial charge in [0.25, 0.3) is 0 Å². The molecule has 17 heavy (non-hydrogen) atoms. The van der Waals surface area contributed by atoms with Crippen molar-refractivity contribution >= 4 is 21.6 Å². The molecule has 1 heterocycles. The number of halogens is 1. The Kier molecular flexibility index (Phi) is 6.34. The lowest BCUT2D eigenvalue weighted by Gasteiger charge is -2.28. The van der Waals surface area contributed by atoms with Gasteiger partial charge in [0, 0.05) is 45.0 Å². The molecule has 1 atom stereocenters. The summed E-state index contributed by atoms with van der Waals surface area (Å²) in [6.07, 6.45) is 7.33. The highest BCUT2D eigenvalue weighted by molar-refractivity contribution is 9.11. The first-order chi connectivity index (χ1) is 8.17. The Hall–Kier alpha value is -0.770. The Morgan fingerprint density at radius 3 is 3.06 bits per heavy atom. The Bertz CT molecular complexity index is 310. The Labute approximate surface area is 113 Å². The maximum absolute atomic E-state index is 4.67. The molecule has 1 aliphatic rings. The summed E-state index contributed by atoms with van der Waals surface area (Å²) < 4.78 is 0. The van der Waals surface area contributed by atoms with E-state index in [0.29, 0.717) is 5.92 Å². The van der Waals surface area contributed by atoms with Gasteiger partial charge >= 0.3 is 0 Å². The molecule has 0 bridgehead atoms. The summed E-state index contributed by atoms with van der Waals surface area (Å²) in [6, 6.07) is 0. The lowest BCUT2D eigenvalue weighted by molar-refractivity contribution is 0.336. The van der Waals surface area contributed by atoms with Crippen LogP contribution in [0.1, 0.15) is 13.3 Å². The summed E-state index contributed by atoms with van der Waals surface area (Å²) in [7, 11) is 4.22. The minimum Gasteiger partial charge on any atom is -0.380 e. The maximum Gasteiger partial charge on any atom is 0.0586 e. The van der Waals surface area contributed by atoms with Gasteiger partial charge < -0.3 is 9.80 Å². The minimum absolute atomic E-state index is 0.503. The van der Waals surface area contributed by atoms with Gasteiger partial charge in [0.05, 0.1) is 6.54 Å². The van der Waals surface area contributed by atoms with E-state index in [4.69, 9.17) is 0 Å². The molecule has 4 heteroatoms. The van der Waals surface area contributed by atoms with E-state index < -0.39 is 0 Å². The number of hydrogen-bond acceptors (Lipinski definition) is 3. The molecule has 0 saturated heterocycles. The zero-order chi connectivity index (χ0) is 12.7. The number of nitrogens with zero attached hydrogens (tertiary/aromatic N) is 3. The molecular weight excluding hydrogens is 278 g/mol. The van der Waals surface area contributed by atoms with Crippen molar-refractivity contribution in [3.8, 4) is 0 Å². The first-order valence-corrected chi connectivity index (χ1v) is 6.96. The molecule has 0 saturated carbocycles. The van der Waals surface area contributed by atoms with Crippen molar-refractivity contribution in [1.29, 1.82) is 0 Å². The molecule has 0 amide bonds. The van der Waals surface area contributed by atoms with Gasteiger partial charge in [-0.25, -0.2) is 0 Å². The van der Waals surface area contributed by atoms with Gasteiger partial charge in [-0.3, -0.25) is 4.99 Å². The zero-order valence-electron chi connectivity index (χ0n) is 10.9. The summed E-state index contributed by atoms with van der Waals surface area (Å²) in [5.41, 5.74) is 1.33. The number of hydrogen-bond donors (Lipinski definition) is 0. The highest BCUT2D eigenvalue weighted by atomic mass is 79.9. The van der Waals surface area contributed by atoms with Crippen LogP contribution >= 0.6 is 15.9 Å². The van der Waals surface area contributed by atoms with Crippen molar-refractivity contribution in [1.82, 2.24) is 9.80 Å². The molecular formula is C13H22BrN3. The van der Waals surface area contributed by atoms with Crippen molar-refractivity contribution < 1.29 is 0 Å². The molecule has 0 N–H and O–H groups in total. The standard InChI is InChI=1S/C13H22BrN3/c1-4-13-12(11-17(3)9-6-14)10-16(2)8-5-7-15-13/h5-6,8-9,12H,4,7,10-11H2,1-3H3/b8-5-,9-6+,15-13-. The van der Waals surface area contributed by atoms with Crippen molar-refractivity contribution in [3.63, 3.8) is 0 Å². The SMILES string of the molecule is CC/C1=N/C/C=C\N(C)CC1CN(C)/C=C/Br. The van der Waals surface area contributed by atoms with Crippen LogP contribution in [0.4, 0.5) is 0 Å². The molecule has 0 aromatic heterocycles. The van der Waals surface area contributed by atoms with Crippen LogP contribution in [0.15, 0.2) is 28.5 Å². The summed E-state index contributed by atoms with van der Waals surface area (Å²) in [6.45, 7) is 5.04. The fraction of sp³-hybridized carbons (Fsp3) is 0.615. The second kappa shape index (κ2) is 7.54. The summed E-state index contributed by atoms with van der Waals surface area (Å²) in [5, 5.41) is 0. The quantitative estimate of drug-likeness (QED) is 0.795. The Morgan fingerprint density at radius 2 is 2.41 bits per heavy atom. The van der Waals surface area contributed by atoms with Crippen molar-refractivity contribution in [2.45, 2.75) is 13.3 Å². The molecule has 0 spiro atoms. The molecule has 0 aliphatic carbocycles. The molecule has 0 aromatic carbocycles. The van der Waals surface area contributed by atoms with E-state index >= 15 is 0 Å². The molecule has 0 fully saturated rings. The van der Waals surface area contributed by atoms with Gasteiger partial charge in [0.15, 0.2) is 0 Å². The fourth-order valence-corrected chi connectivity index (χ4v) is 2.51. The second-order valence-electron chi connectivity index (χ2n) is 4.42. The van der Waals surface area contributed by atoms with Crippen molar-refractivity contribution in [2.75, 3.05) is 33.7 Å². The summed E-state index contributed by atoms with van der Waals surface area (Å²) >= 11 is 3.31. The minimum atomic E-state index is 0.503. The first-order valence-electron chi connectivity index (χ1n) is 6.04. The van der Waals surface area contributed by atoms with Crippen LogP contribution in [-0.2, 0) is 0 Å². The van der Waals surface area contributed by atoms with Crippen LogP contribution < -0.4 is 0 Å². The predicted molar refractivity (Wildman–Crippen MR) is 78.6 cm³/mol. The van der Waals surface area contributed by atoms with Crippen molar-refractivity contribution in [2.24, 2.45) is 10.9 Å². The van der Waals surface area contributed by atoms with Crippen LogP contribution in [0.25, 0.3) is 0 Å². The first kappa shape index (κ1) is 14.3. The highest BCUT2D eigenvalue weighted by Crippen LogP contribution is 2.11. The molecule has 1 unspecified atom stereocenters. The van der Waals surface area contributed by atoms with Gasteiger partial charge in [-0.1, -0.05) is 22.9 Å². The smallest absolute Gasteiger partial charge is 0.0586 e. The maximum atomic E-state index is 4.67. The normalized spacial score (nSPS) is 26.2. The molecule has 96 valence electrons. The monoisotopic (exact) mass is 299 g/mol. The molecule has 1 rings (SSSR count).